The van der Waals surface area contributed by atoms with Crippen molar-refractivity contribution in [2.24, 2.45) is 5.84 Å². The number of nitrogens with one attached hydrogen (secondary N) is 2. The van der Waals surface area contributed by atoms with E-state index in [0.717, 1.165) is 0 Å². The second-order valence-corrected chi connectivity index (χ2v) is 4.02. The lowest BCUT2D eigenvalue weighted by atomic mass is 10.3. The van der Waals surface area contributed by atoms with E-state index in [9.17, 15) is 13.2 Å². The molecule has 0 saturated heterocycles. The first-order valence-corrected chi connectivity index (χ1v) is 6.01. The molecular weight excluding hydrogens is 289 g/mol. The lowest BCUT2D eigenvalue weighted by molar-refractivity contribution is -0.134. The molecule has 0 unspecified atom stereocenters. The van der Waals surface area contributed by atoms with Gasteiger partial charge in [0, 0.05) is 25.4 Å². The van der Waals surface area contributed by atoms with Crippen LogP contribution in [0.5, 0.6) is 0 Å². The van der Waals surface area contributed by atoms with Crippen molar-refractivity contribution in [1.82, 2.24) is 24.7 Å². The Morgan fingerprint density at radius 1 is 1.19 bits per heavy atom. The molecule has 0 fully saturated rings. The van der Waals surface area contributed by atoms with Crippen molar-refractivity contribution in [3.63, 3.8) is 0 Å². The van der Waals surface area contributed by atoms with E-state index in [-0.39, 0.29) is 30.8 Å². The van der Waals surface area contributed by atoms with Gasteiger partial charge in [-0.2, -0.15) is 33.2 Å². The van der Waals surface area contributed by atoms with E-state index in [2.05, 4.69) is 30.8 Å². The Morgan fingerprint density at radius 2 is 1.95 bits per heavy atom. The molecule has 0 saturated carbocycles. The molecule has 0 spiro atoms. The number of hydrazine groups is 1. The summed E-state index contributed by atoms with van der Waals surface area (Å²) in [5.41, 5.74) is 2.26. The minimum absolute atomic E-state index is 0.0755. The number of hydrogen-bond donors (Lipinski definition) is 3. The molecule has 21 heavy (non-hydrogen) atoms. The van der Waals surface area contributed by atoms with Crippen LogP contribution in [-0.4, -0.2) is 37.5 Å². The van der Waals surface area contributed by atoms with Gasteiger partial charge in [-0.15, -0.1) is 0 Å². The summed E-state index contributed by atoms with van der Waals surface area (Å²) in [6.07, 6.45) is -1.99. The van der Waals surface area contributed by atoms with Gasteiger partial charge in [0.15, 0.2) is 0 Å². The second-order valence-electron chi connectivity index (χ2n) is 4.02. The van der Waals surface area contributed by atoms with Gasteiger partial charge in [-0.3, -0.25) is 5.43 Å². The molecule has 4 N–H and O–H groups in total. The summed E-state index contributed by atoms with van der Waals surface area (Å²) >= 11 is 0. The molecule has 8 nitrogen and oxygen atoms in total. The highest BCUT2D eigenvalue weighted by Crippen LogP contribution is 2.21. The third-order valence-corrected chi connectivity index (χ3v) is 2.38. The number of nitrogens with two attached hydrogens (primary N) is 1. The van der Waals surface area contributed by atoms with Crippen LogP contribution in [0.3, 0.4) is 0 Å². The van der Waals surface area contributed by atoms with Crippen LogP contribution in [-0.2, 0) is 0 Å². The molecule has 11 heteroatoms. The lowest BCUT2D eigenvalue weighted by Gasteiger charge is -2.09. The quantitative estimate of drug-likeness (QED) is 0.416. The highest BCUT2D eigenvalue weighted by atomic mass is 19.4. The molecule has 0 aliphatic heterocycles. The molecule has 2 rings (SSSR count). The number of nitrogens with zero attached hydrogens (tertiary/aromatic N) is 5. The molecule has 2 heterocycles. The molecule has 2 aromatic rings. The maximum atomic E-state index is 12.0. The van der Waals surface area contributed by atoms with E-state index in [4.69, 9.17) is 5.84 Å². The Hall–Kier alpha value is -2.43. The largest absolute Gasteiger partial charge is 0.389 e. The molecule has 0 aromatic carbocycles. The van der Waals surface area contributed by atoms with E-state index in [0.29, 0.717) is 0 Å². The molecule has 0 radical (unpaired) electrons. The number of aromatic nitrogens is 5. The maximum Gasteiger partial charge on any atom is 0.389 e. The number of nitrogen functional groups attached to an aromatic ring is 1. The average molecular weight is 302 g/mol. The smallest absolute Gasteiger partial charge is 0.354 e. The van der Waals surface area contributed by atoms with Gasteiger partial charge in [0.05, 0.1) is 0 Å². The third-order valence-electron chi connectivity index (χ3n) is 2.38. The maximum absolute atomic E-state index is 12.0. The van der Waals surface area contributed by atoms with Gasteiger partial charge in [-0.1, -0.05) is 0 Å². The first-order chi connectivity index (χ1) is 9.98. The normalized spacial score (nSPS) is 11.4. The van der Waals surface area contributed by atoms with E-state index in [1.54, 1.807) is 12.3 Å². The van der Waals surface area contributed by atoms with Crippen molar-refractivity contribution in [1.29, 1.82) is 0 Å². The van der Waals surface area contributed by atoms with Crippen molar-refractivity contribution in [3.05, 3.63) is 18.5 Å². The van der Waals surface area contributed by atoms with Crippen molar-refractivity contribution >= 4 is 11.9 Å². The Labute approximate surface area is 117 Å². The summed E-state index contributed by atoms with van der Waals surface area (Å²) in [6.45, 7) is 0.0755. The summed E-state index contributed by atoms with van der Waals surface area (Å²) in [5.74, 6) is 5.63. The van der Waals surface area contributed by atoms with Gasteiger partial charge >= 0.3 is 6.18 Å². The summed E-state index contributed by atoms with van der Waals surface area (Å²) < 4.78 is 37.5. The number of anilines is 2. The Balaban J connectivity index is 2.04. The van der Waals surface area contributed by atoms with E-state index in [1.807, 2.05) is 0 Å². The summed E-state index contributed by atoms with van der Waals surface area (Å²) in [6, 6.07) is 1.68. The van der Waals surface area contributed by atoms with Crippen LogP contribution < -0.4 is 16.6 Å². The van der Waals surface area contributed by atoms with E-state index in [1.165, 1.54) is 10.9 Å². The summed E-state index contributed by atoms with van der Waals surface area (Å²) in [7, 11) is 0. The SMILES string of the molecule is NNc1nc(NCCCC(F)(F)F)nc(-n2cccn2)n1. The van der Waals surface area contributed by atoms with Crippen LogP contribution in [0, 0.1) is 0 Å². The lowest BCUT2D eigenvalue weighted by Crippen LogP contribution is -2.17. The fourth-order valence-corrected chi connectivity index (χ4v) is 1.49. The van der Waals surface area contributed by atoms with Gasteiger partial charge in [0.2, 0.25) is 11.9 Å². The highest BCUT2D eigenvalue weighted by Gasteiger charge is 2.25. The van der Waals surface area contributed by atoms with Gasteiger partial charge < -0.3 is 5.32 Å². The standard InChI is InChI=1S/C10H13F3N8/c11-10(12,13)3-1-4-15-7-17-8(20-14)19-9(18-7)21-6-2-5-16-21/h2,5-6H,1,3-4,14H2,(H2,15,17,18,19,20). The number of hydrogen-bond acceptors (Lipinski definition) is 7. The van der Waals surface area contributed by atoms with Crippen LogP contribution in [0.15, 0.2) is 18.5 Å². The second kappa shape index (κ2) is 6.35. The van der Waals surface area contributed by atoms with Gasteiger partial charge in [-0.25, -0.2) is 10.5 Å². The van der Waals surface area contributed by atoms with Crippen LogP contribution in [0.25, 0.3) is 5.95 Å². The summed E-state index contributed by atoms with van der Waals surface area (Å²) in [5, 5.41) is 6.65. The first kappa shape index (κ1) is 15.0. The predicted octanol–water partition coefficient (Wildman–Crippen LogP) is 1.10. The molecule has 0 aliphatic rings. The van der Waals surface area contributed by atoms with Crippen LogP contribution in [0.2, 0.25) is 0 Å². The van der Waals surface area contributed by atoms with Gasteiger partial charge in [0.1, 0.15) is 0 Å². The zero-order valence-corrected chi connectivity index (χ0v) is 10.8. The first-order valence-electron chi connectivity index (χ1n) is 6.01. The van der Waals surface area contributed by atoms with Crippen LogP contribution in [0.4, 0.5) is 25.1 Å². The van der Waals surface area contributed by atoms with Crippen molar-refractivity contribution in [3.8, 4) is 5.95 Å². The van der Waals surface area contributed by atoms with Gasteiger partial charge in [0.25, 0.3) is 5.95 Å². The van der Waals surface area contributed by atoms with Gasteiger partial charge in [-0.05, 0) is 12.5 Å². The fourth-order valence-electron chi connectivity index (χ4n) is 1.49. The Morgan fingerprint density at radius 3 is 2.57 bits per heavy atom. The minimum Gasteiger partial charge on any atom is -0.354 e. The van der Waals surface area contributed by atoms with E-state index < -0.39 is 12.6 Å². The highest BCUT2D eigenvalue weighted by molar-refractivity contribution is 5.36. The molecule has 0 atom stereocenters. The minimum atomic E-state index is -4.18. The summed E-state index contributed by atoms with van der Waals surface area (Å²) in [4.78, 5) is 11.9. The molecule has 0 aliphatic carbocycles. The molecule has 0 amide bonds. The predicted molar refractivity (Wildman–Crippen MR) is 68.5 cm³/mol. The van der Waals surface area contributed by atoms with Crippen LogP contribution in [0.1, 0.15) is 12.8 Å². The third kappa shape index (κ3) is 4.56. The number of alkyl halides is 3. The molecule has 114 valence electrons. The number of halogens is 3. The van der Waals surface area contributed by atoms with Crippen LogP contribution >= 0.6 is 0 Å². The Kier molecular flexibility index (Phi) is 4.52. The monoisotopic (exact) mass is 302 g/mol. The average Bonchev–Trinajstić information content (AvgIpc) is 2.96. The van der Waals surface area contributed by atoms with Crippen molar-refractivity contribution in [2.45, 2.75) is 19.0 Å². The number of rotatable bonds is 6. The molecule has 2 aromatic heterocycles. The van der Waals surface area contributed by atoms with Crippen molar-refractivity contribution in [2.75, 3.05) is 17.3 Å². The molecular formula is C10H13F3N8. The Bertz CT molecular complexity index is 568. The van der Waals surface area contributed by atoms with Crippen molar-refractivity contribution < 1.29 is 13.2 Å². The van der Waals surface area contributed by atoms with E-state index >= 15 is 0 Å². The zero-order chi connectivity index (χ0) is 15.3. The zero-order valence-electron chi connectivity index (χ0n) is 10.8. The fraction of sp³-hybridized carbons (Fsp3) is 0.400. The topological polar surface area (TPSA) is 107 Å². The molecule has 0 bridgehead atoms.